The Labute approximate surface area is 108 Å². The summed E-state index contributed by atoms with van der Waals surface area (Å²) in [5.74, 6) is -1.12. The van der Waals surface area contributed by atoms with Crippen LogP contribution >= 0.6 is 0 Å². The summed E-state index contributed by atoms with van der Waals surface area (Å²) in [6, 6.07) is -0.125. The molecule has 1 aliphatic rings. The van der Waals surface area contributed by atoms with Crippen LogP contribution in [0.1, 0.15) is 52.4 Å². The minimum absolute atomic E-state index is 0.0123. The third-order valence-corrected chi connectivity index (χ3v) is 3.89. The molecule has 0 radical (unpaired) electrons. The van der Waals surface area contributed by atoms with E-state index in [9.17, 15) is 9.59 Å². The molecule has 0 aromatic heterocycles. The van der Waals surface area contributed by atoms with Crippen LogP contribution in [0.25, 0.3) is 0 Å². The fourth-order valence-corrected chi connectivity index (χ4v) is 2.19. The molecule has 5 nitrogen and oxygen atoms in total. The molecule has 0 aliphatic heterocycles. The van der Waals surface area contributed by atoms with Crippen molar-refractivity contribution in [2.45, 2.75) is 57.9 Å². The van der Waals surface area contributed by atoms with Crippen molar-refractivity contribution >= 4 is 12.0 Å². The summed E-state index contributed by atoms with van der Waals surface area (Å²) in [6.07, 6.45) is 5.56. The number of rotatable bonds is 7. The fourth-order valence-electron chi connectivity index (χ4n) is 2.19. The highest BCUT2D eigenvalue weighted by Crippen LogP contribution is 2.34. The Hall–Kier alpha value is -1.26. The number of hydrogen-bond acceptors (Lipinski definition) is 2. The Morgan fingerprint density at radius 2 is 2.06 bits per heavy atom. The van der Waals surface area contributed by atoms with E-state index in [1.807, 2.05) is 0 Å². The minimum atomic E-state index is -0.779. The maximum atomic E-state index is 11.7. The van der Waals surface area contributed by atoms with Gasteiger partial charge in [0.2, 0.25) is 0 Å². The second kappa shape index (κ2) is 6.61. The first-order valence-corrected chi connectivity index (χ1v) is 6.78. The monoisotopic (exact) mass is 256 g/mol. The molecule has 5 heteroatoms. The molecule has 1 atom stereocenters. The summed E-state index contributed by atoms with van der Waals surface area (Å²) in [5, 5.41) is 14.5. The summed E-state index contributed by atoms with van der Waals surface area (Å²) < 4.78 is 0. The maximum absolute atomic E-state index is 11.7. The van der Waals surface area contributed by atoms with E-state index < -0.39 is 5.97 Å². The highest BCUT2D eigenvalue weighted by Gasteiger charge is 2.36. The number of carboxylic acids is 1. The summed E-state index contributed by atoms with van der Waals surface area (Å²) >= 11 is 0. The molecule has 1 unspecified atom stereocenters. The van der Waals surface area contributed by atoms with Gasteiger partial charge in [0, 0.05) is 12.1 Å². The van der Waals surface area contributed by atoms with Gasteiger partial charge in [0.15, 0.2) is 0 Å². The Kier molecular flexibility index (Phi) is 5.44. The van der Waals surface area contributed by atoms with Gasteiger partial charge in [-0.25, -0.2) is 4.79 Å². The first kappa shape index (κ1) is 14.8. The van der Waals surface area contributed by atoms with Crippen LogP contribution in [-0.4, -0.2) is 29.2 Å². The first-order valence-electron chi connectivity index (χ1n) is 6.78. The molecule has 0 bridgehead atoms. The standard InChI is InChI=1S/C13H24N2O3/c1-3-13(7-5-8-13)15-12(18)14-9-4-6-10(2)11(16)17/h10H,3-9H2,1-2H3,(H,16,17)(H2,14,15,18). The van der Waals surface area contributed by atoms with Crippen molar-refractivity contribution in [3.63, 3.8) is 0 Å². The first-order chi connectivity index (χ1) is 8.49. The molecule has 0 saturated heterocycles. The second-order valence-electron chi connectivity index (χ2n) is 5.25. The van der Waals surface area contributed by atoms with Crippen LogP contribution in [0.4, 0.5) is 4.79 Å². The van der Waals surface area contributed by atoms with Crippen LogP contribution < -0.4 is 10.6 Å². The lowest BCUT2D eigenvalue weighted by molar-refractivity contribution is -0.141. The lowest BCUT2D eigenvalue weighted by Gasteiger charge is -2.41. The highest BCUT2D eigenvalue weighted by atomic mass is 16.4. The Bertz CT molecular complexity index is 295. The summed E-state index contributed by atoms with van der Waals surface area (Å²) in [6.45, 7) is 4.31. The van der Waals surface area contributed by atoms with Crippen molar-refractivity contribution in [3.05, 3.63) is 0 Å². The Balaban J connectivity index is 2.12. The van der Waals surface area contributed by atoms with Gasteiger partial charge in [-0.3, -0.25) is 4.79 Å². The Morgan fingerprint density at radius 3 is 2.50 bits per heavy atom. The molecule has 1 aliphatic carbocycles. The van der Waals surface area contributed by atoms with Gasteiger partial charge in [-0.15, -0.1) is 0 Å². The van der Waals surface area contributed by atoms with E-state index in [0.717, 1.165) is 19.3 Å². The summed E-state index contributed by atoms with van der Waals surface area (Å²) in [7, 11) is 0. The van der Waals surface area contributed by atoms with E-state index in [1.165, 1.54) is 6.42 Å². The number of aliphatic carboxylic acids is 1. The van der Waals surface area contributed by atoms with Gasteiger partial charge in [-0.2, -0.15) is 0 Å². The van der Waals surface area contributed by atoms with Crippen LogP contribution in [0.5, 0.6) is 0 Å². The Morgan fingerprint density at radius 1 is 1.39 bits per heavy atom. The van der Waals surface area contributed by atoms with Crippen LogP contribution in [0.2, 0.25) is 0 Å². The average Bonchev–Trinajstić information content (AvgIpc) is 2.29. The van der Waals surface area contributed by atoms with E-state index in [0.29, 0.717) is 19.4 Å². The average molecular weight is 256 g/mol. The molecular formula is C13H24N2O3. The molecule has 3 N–H and O–H groups in total. The lowest BCUT2D eigenvalue weighted by Crippen LogP contribution is -2.55. The third kappa shape index (κ3) is 4.20. The number of nitrogens with one attached hydrogen (secondary N) is 2. The van der Waals surface area contributed by atoms with Crippen molar-refractivity contribution in [2.75, 3.05) is 6.54 Å². The number of urea groups is 1. The zero-order valence-electron chi connectivity index (χ0n) is 11.3. The number of hydrogen-bond donors (Lipinski definition) is 3. The molecule has 0 aromatic rings. The van der Waals surface area contributed by atoms with E-state index in [2.05, 4.69) is 17.6 Å². The van der Waals surface area contributed by atoms with Gasteiger partial charge in [0.05, 0.1) is 5.92 Å². The van der Waals surface area contributed by atoms with Gasteiger partial charge in [0.1, 0.15) is 0 Å². The SMILES string of the molecule is CCC1(NC(=O)NCCCC(C)C(=O)O)CCC1. The highest BCUT2D eigenvalue weighted by molar-refractivity contribution is 5.75. The molecule has 0 heterocycles. The van der Waals surface area contributed by atoms with E-state index >= 15 is 0 Å². The maximum Gasteiger partial charge on any atom is 0.315 e. The predicted octanol–water partition coefficient (Wildman–Crippen LogP) is 2.12. The number of carbonyl (C=O) groups is 2. The molecular weight excluding hydrogens is 232 g/mol. The van der Waals surface area contributed by atoms with Gasteiger partial charge in [-0.05, 0) is 38.5 Å². The fraction of sp³-hybridized carbons (Fsp3) is 0.846. The van der Waals surface area contributed by atoms with Crippen LogP contribution in [0, 0.1) is 5.92 Å². The third-order valence-electron chi connectivity index (χ3n) is 3.89. The number of carboxylic acid groups (broad SMARTS) is 1. The molecule has 104 valence electrons. The van der Waals surface area contributed by atoms with Crippen molar-refractivity contribution in [3.8, 4) is 0 Å². The molecule has 18 heavy (non-hydrogen) atoms. The van der Waals surface area contributed by atoms with Crippen molar-refractivity contribution in [1.29, 1.82) is 0 Å². The zero-order chi connectivity index (χ0) is 13.6. The molecule has 0 aromatic carbocycles. The van der Waals surface area contributed by atoms with Gasteiger partial charge in [0.25, 0.3) is 0 Å². The van der Waals surface area contributed by atoms with Gasteiger partial charge < -0.3 is 15.7 Å². The molecule has 0 spiro atoms. The minimum Gasteiger partial charge on any atom is -0.481 e. The van der Waals surface area contributed by atoms with Crippen LogP contribution in [0.15, 0.2) is 0 Å². The van der Waals surface area contributed by atoms with Gasteiger partial charge in [-0.1, -0.05) is 13.8 Å². The predicted molar refractivity (Wildman–Crippen MR) is 69.4 cm³/mol. The van der Waals surface area contributed by atoms with Crippen molar-refractivity contribution in [1.82, 2.24) is 10.6 Å². The topological polar surface area (TPSA) is 78.4 Å². The number of amides is 2. The van der Waals surface area contributed by atoms with Crippen molar-refractivity contribution < 1.29 is 14.7 Å². The lowest BCUT2D eigenvalue weighted by atomic mass is 9.75. The number of carbonyl (C=O) groups excluding carboxylic acids is 1. The van der Waals surface area contributed by atoms with Gasteiger partial charge >= 0.3 is 12.0 Å². The van der Waals surface area contributed by atoms with E-state index in [1.54, 1.807) is 6.92 Å². The molecule has 1 saturated carbocycles. The molecule has 1 fully saturated rings. The van der Waals surface area contributed by atoms with Crippen LogP contribution in [0.3, 0.4) is 0 Å². The van der Waals surface area contributed by atoms with Crippen molar-refractivity contribution in [2.24, 2.45) is 5.92 Å². The zero-order valence-corrected chi connectivity index (χ0v) is 11.3. The molecule has 1 rings (SSSR count). The summed E-state index contributed by atoms with van der Waals surface area (Å²) in [5.41, 5.74) is 0.0123. The normalized spacial score (nSPS) is 18.6. The quantitative estimate of drug-likeness (QED) is 0.610. The summed E-state index contributed by atoms with van der Waals surface area (Å²) in [4.78, 5) is 22.3. The van der Waals surface area contributed by atoms with E-state index in [-0.39, 0.29) is 17.5 Å². The molecule has 2 amide bonds. The van der Waals surface area contributed by atoms with Crippen LogP contribution in [-0.2, 0) is 4.79 Å². The van der Waals surface area contributed by atoms with E-state index in [4.69, 9.17) is 5.11 Å². The largest absolute Gasteiger partial charge is 0.481 e. The second-order valence-corrected chi connectivity index (χ2v) is 5.25. The smallest absolute Gasteiger partial charge is 0.315 e.